The minimum atomic E-state index is 0.755. The van der Waals surface area contributed by atoms with E-state index in [1.54, 1.807) is 0 Å². The van der Waals surface area contributed by atoms with Crippen LogP contribution in [0.4, 0.5) is 11.4 Å². The third-order valence-electron chi connectivity index (χ3n) is 2.37. The Hall–Kier alpha value is -1.000. The van der Waals surface area contributed by atoms with Crippen LogP contribution in [0.15, 0.2) is 51.4 Å². The van der Waals surface area contributed by atoms with E-state index in [-0.39, 0.29) is 0 Å². The van der Waals surface area contributed by atoms with Crippen LogP contribution in [0.25, 0.3) is 0 Å². The van der Waals surface area contributed by atoms with Crippen molar-refractivity contribution in [2.24, 2.45) is 0 Å². The molecule has 17 heavy (non-hydrogen) atoms. The summed E-state index contributed by atoms with van der Waals surface area (Å²) >= 11 is 6.94. The molecule has 0 heterocycles. The van der Waals surface area contributed by atoms with Gasteiger partial charge in [0, 0.05) is 26.9 Å². The normalized spacial score (nSPS) is 10.2. The number of nitrogen functional groups attached to an aromatic ring is 1. The first-order chi connectivity index (χ1) is 8.15. The van der Waals surface area contributed by atoms with E-state index in [1.165, 1.54) is 5.56 Å². The maximum atomic E-state index is 5.69. The summed E-state index contributed by atoms with van der Waals surface area (Å²) in [5, 5.41) is 3.36. The van der Waals surface area contributed by atoms with E-state index in [9.17, 15) is 0 Å². The zero-order chi connectivity index (χ0) is 12.3. The quantitative estimate of drug-likeness (QED) is 0.800. The Morgan fingerprint density at radius 2 is 1.88 bits per heavy atom. The van der Waals surface area contributed by atoms with E-state index in [2.05, 4.69) is 49.3 Å². The molecule has 0 atom stereocenters. The van der Waals surface area contributed by atoms with Crippen LogP contribution in [0.3, 0.4) is 0 Å². The van der Waals surface area contributed by atoms with Gasteiger partial charge >= 0.3 is 0 Å². The maximum absolute atomic E-state index is 5.69. The average Bonchev–Trinajstić information content (AvgIpc) is 2.28. The lowest BCUT2D eigenvalue weighted by molar-refractivity contribution is 1.14. The topological polar surface area (TPSA) is 38.0 Å². The second kappa shape index (κ2) is 5.56. The molecule has 0 aliphatic rings. The largest absolute Gasteiger partial charge is 0.399 e. The Balaban J connectivity index is 2.07. The molecule has 0 saturated heterocycles. The number of anilines is 2. The van der Waals surface area contributed by atoms with Crippen molar-refractivity contribution in [3.05, 3.63) is 57.0 Å². The lowest BCUT2D eigenvalue weighted by atomic mass is 10.2. The molecule has 0 radical (unpaired) electrons. The first kappa shape index (κ1) is 12.5. The standard InChI is InChI=1S/C13H12Br2N2/c14-10-3-1-2-9(6-10)8-17-13-5-4-11(16)7-12(13)15/h1-7,17H,8,16H2. The number of benzene rings is 2. The van der Waals surface area contributed by atoms with Crippen LogP contribution in [-0.4, -0.2) is 0 Å². The Morgan fingerprint density at radius 1 is 1.06 bits per heavy atom. The van der Waals surface area contributed by atoms with E-state index < -0.39 is 0 Å². The van der Waals surface area contributed by atoms with E-state index >= 15 is 0 Å². The number of hydrogen-bond donors (Lipinski definition) is 2. The fourth-order valence-electron chi connectivity index (χ4n) is 1.52. The smallest absolute Gasteiger partial charge is 0.0488 e. The van der Waals surface area contributed by atoms with Crippen LogP contribution in [0, 0.1) is 0 Å². The van der Waals surface area contributed by atoms with Crippen LogP contribution in [0.5, 0.6) is 0 Å². The summed E-state index contributed by atoms with van der Waals surface area (Å²) in [4.78, 5) is 0. The Labute approximate surface area is 117 Å². The second-order valence-electron chi connectivity index (χ2n) is 3.72. The molecule has 0 fully saturated rings. The van der Waals surface area contributed by atoms with E-state index in [0.29, 0.717) is 0 Å². The lowest BCUT2D eigenvalue weighted by Gasteiger charge is -2.09. The van der Waals surface area contributed by atoms with Crippen LogP contribution in [0.1, 0.15) is 5.56 Å². The molecule has 2 aromatic carbocycles. The summed E-state index contributed by atoms with van der Waals surface area (Å²) in [6.07, 6.45) is 0. The number of rotatable bonds is 3. The molecule has 0 unspecified atom stereocenters. The Bertz CT molecular complexity index is 527. The Kier molecular flexibility index (Phi) is 4.07. The highest BCUT2D eigenvalue weighted by molar-refractivity contribution is 9.10. The SMILES string of the molecule is Nc1ccc(NCc2cccc(Br)c2)c(Br)c1. The van der Waals surface area contributed by atoms with Gasteiger partial charge in [-0.25, -0.2) is 0 Å². The molecule has 0 spiro atoms. The highest BCUT2D eigenvalue weighted by Crippen LogP contribution is 2.25. The number of halogens is 2. The minimum Gasteiger partial charge on any atom is -0.399 e. The third-order valence-corrected chi connectivity index (χ3v) is 3.51. The summed E-state index contributed by atoms with van der Waals surface area (Å²) in [6, 6.07) is 14.0. The van der Waals surface area contributed by atoms with Gasteiger partial charge in [-0.2, -0.15) is 0 Å². The van der Waals surface area contributed by atoms with Crippen molar-refractivity contribution >= 4 is 43.2 Å². The van der Waals surface area contributed by atoms with Crippen LogP contribution in [-0.2, 0) is 6.54 Å². The molecule has 4 heteroatoms. The first-order valence-corrected chi connectivity index (χ1v) is 6.77. The van der Waals surface area contributed by atoms with Gasteiger partial charge in [-0.3, -0.25) is 0 Å². The van der Waals surface area contributed by atoms with E-state index in [0.717, 1.165) is 26.9 Å². The summed E-state index contributed by atoms with van der Waals surface area (Å²) in [5.74, 6) is 0. The van der Waals surface area contributed by atoms with Crippen molar-refractivity contribution in [2.75, 3.05) is 11.1 Å². The summed E-state index contributed by atoms with van der Waals surface area (Å²) in [6.45, 7) is 0.780. The van der Waals surface area contributed by atoms with Crippen molar-refractivity contribution in [3.8, 4) is 0 Å². The third kappa shape index (κ3) is 3.48. The van der Waals surface area contributed by atoms with Gasteiger partial charge in [0.05, 0.1) is 0 Å². The molecular formula is C13H12Br2N2. The zero-order valence-electron chi connectivity index (χ0n) is 9.08. The molecule has 0 aliphatic heterocycles. The summed E-state index contributed by atoms with van der Waals surface area (Å²) < 4.78 is 2.07. The van der Waals surface area contributed by atoms with Crippen LogP contribution >= 0.6 is 31.9 Å². The number of nitrogens with one attached hydrogen (secondary N) is 1. The maximum Gasteiger partial charge on any atom is 0.0488 e. The predicted octanol–water partition coefficient (Wildman–Crippen LogP) is 4.41. The van der Waals surface area contributed by atoms with Gasteiger partial charge in [0.15, 0.2) is 0 Å². The summed E-state index contributed by atoms with van der Waals surface area (Å²) in [5.41, 5.74) is 8.71. The predicted molar refractivity (Wildman–Crippen MR) is 80.0 cm³/mol. The minimum absolute atomic E-state index is 0.755. The van der Waals surface area contributed by atoms with Crippen molar-refractivity contribution < 1.29 is 0 Å². The van der Waals surface area contributed by atoms with Gasteiger partial charge < -0.3 is 11.1 Å². The summed E-state index contributed by atoms with van der Waals surface area (Å²) in [7, 11) is 0. The van der Waals surface area contributed by atoms with Gasteiger partial charge in [0.2, 0.25) is 0 Å². The molecule has 2 aromatic rings. The van der Waals surface area contributed by atoms with Gasteiger partial charge in [0.1, 0.15) is 0 Å². The van der Waals surface area contributed by atoms with E-state index in [1.807, 2.05) is 30.3 Å². The monoisotopic (exact) mass is 354 g/mol. The number of nitrogens with two attached hydrogens (primary N) is 1. The number of hydrogen-bond acceptors (Lipinski definition) is 2. The van der Waals surface area contributed by atoms with Crippen LogP contribution < -0.4 is 11.1 Å². The van der Waals surface area contributed by atoms with Crippen molar-refractivity contribution in [2.45, 2.75) is 6.54 Å². The van der Waals surface area contributed by atoms with Crippen molar-refractivity contribution in [3.63, 3.8) is 0 Å². The molecule has 0 aliphatic carbocycles. The molecule has 2 rings (SSSR count). The zero-order valence-corrected chi connectivity index (χ0v) is 12.3. The second-order valence-corrected chi connectivity index (χ2v) is 5.49. The molecular weight excluding hydrogens is 344 g/mol. The van der Waals surface area contributed by atoms with Crippen LogP contribution in [0.2, 0.25) is 0 Å². The average molecular weight is 356 g/mol. The lowest BCUT2D eigenvalue weighted by Crippen LogP contribution is -2.00. The molecule has 0 saturated carbocycles. The molecule has 88 valence electrons. The van der Waals surface area contributed by atoms with Gasteiger partial charge in [-0.05, 0) is 51.8 Å². The Morgan fingerprint density at radius 3 is 2.59 bits per heavy atom. The van der Waals surface area contributed by atoms with E-state index in [4.69, 9.17) is 5.73 Å². The molecule has 0 aromatic heterocycles. The van der Waals surface area contributed by atoms with Gasteiger partial charge in [0.25, 0.3) is 0 Å². The highest BCUT2D eigenvalue weighted by Gasteiger charge is 2.00. The van der Waals surface area contributed by atoms with Crippen molar-refractivity contribution in [1.29, 1.82) is 0 Å². The molecule has 0 amide bonds. The van der Waals surface area contributed by atoms with Gasteiger partial charge in [-0.1, -0.05) is 28.1 Å². The molecule has 3 N–H and O–H groups in total. The first-order valence-electron chi connectivity index (χ1n) is 5.18. The fraction of sp³-hybridized carbons (Fsp3) is 0.0769. The fourth-order valence-corrected chi connectivity index (χ4v) is 2.50. The van der Waals surface area contributed by atoms with Crippen molar-refractivity contribution in [1.82, 2.24) is 0 Å². The highest BCUT2D eigenvalue weighted by atomic mass is 79.9. The molecule has 0 bridgehead atoms. The molecule has 2 nitrogen and oxygen atoms in total. The van der Waals surface area contributed by atoms with Gasteiger partial charge in [-0.15, -0.1) is 0 Å².